The van der Waals surface area contributed by atoms with Gasteiger partial charge in [-0.15, -0.1) is 0 Å². The van der Waals surface area contributed by atoms with Crippen LogP contribution in [0.3, 0.4) is 0 Å². The van der Waals surface area contributed by atoms with Crippen LogP contribution in [0.4, 0.5) is 5.69 Å². The van der Waals surface area contributed by atoms with Crippen LogP contribution in [-0.2, 0) is 0 Å². The van der Waals surface area contributed by atoms with Crippen molar-refractivity contribution in [1.82, 2.24) is 15.0 Å². The molecule has 3 N–H and O–H groups in total. The Morgan fingerprint density at radius 2 is 2.05 bits per heavy atom. The summed E-state index contributed by atoms with van der Waals surface area (Å²) >= 11 is 0. The summed E-state index contributed by atoms with van der Waals surface area (Å²) in [6.07, 6.45) is 0. The van der Waals surface area contributed by atoms with Gasteiger partial charge in [0.2, 0.25) is 5.88 Å². The van der Waals surface area contributed by atoms with Gasteiger partial charge in [-0.25, -0.2) is 4.98 Å². The summed E-state index contributed by atoms with van der Waals surface area (Å²) in [6, 6.07) is 9.64. The number of aromatic amines is 1. The van der Waals surface area contributed by atoms with Gasteiger partial charge in [0, 0.05) is 17.3 Å². The van der Waals surface area contributed by atoms with E-state index in [1.807, 2.05) is 44.2 Å². The normalized spacial score (nSPS) is 10.9. The number of nitrogen functional groups attached to an aromatic ring is 1. The molecule has 0 aliphatic carbocycles. The number of nitrogens with zero attached hydrogens (tertiary/aromatic N) is 2. The van der Waals surface area contributed by atoms with Gasteiger partial charge in [-0.2, -0.15) is 4.98 Å². The second-order valence-corrected chi connectivity index (χ2v) is 4.61. The lowest BCUT2D eigenvalue weighted by Gasteiger charge is -2.01. The summed E-state index contributed by atoms with van der Waals surface area (Å²) in [6.45, 7) is 4.49. The molecule has 0 aliphatic heterocycles. The number of anilines is 1. The molecule has 0 radical (unpaired) electrons. The maximum atomic E-state index is 5.94. The average Bonchev–Trinajstić information content (AvgIpc) is 2.85. The molecule has 1 aromatic carbocycles. The predicted molar refractivity (Wildman–Crippen MR) is 79.6 cm³/mol. The molecular formula is C15H16N4O. The molecule has 20 heavy (non-hydrogen) atoms. The number of hydrogen-bond donors (Lipinski definition) is 2. The van der Waals surface area contributed by atoms with Crippen LogP contribution in [0, 0.1) is 6.92 Å². The predicted octanol–water partition coefficient (Wildman–Crippen LogP) is 2.91. The molecule has 2 aromatic heterocycles. The summed E-state index contributed by atoms with van der Waals surface area (Å²) in [5, 5.41) is 0. The number of imidazole rings is 1. The number of ether oxygens (including phenoxy) is 1. The Kier molecular flexibility index (Phi) is 3.02. The zero-order valence-corrected chi connectivity index (χ0v) is 11.5. The number of H-pyrrole nitrogens is 1. The SMILES string of the molecule is CCOc1ccc2[nH]c(-c3ccc(C)c(N)c3)nc2n1. The smallest absolute Gasteiger partial charge is 0.215 e. The first-order valence-electron chi connectivity index (χ1n) is 6.53. The zero-order chi connectivity index (χ0) is 14.1. The van der Waals surface area contributed by atoms with Gasteiger partial charge < -0.3 is 15.5 Å². The van der Waals surface area contributed by atoms with E-state index >= 15 is 0 Å². The van der Waals surface area contributed by atoms with E-state index in [1.165, 1.54) is 0 Å². The number of benzene rings is 1. The molecule has 0 aliphatic rings. The van der Waals surface area contributed by atoms with Crippen LogP contribution in [0.15, 0.2) is 30.3 Å². The maximum Gasteiger partial charge on any atom is 0.215 e. The zero-order valence-electron chi connectivity index (χ0n) is 11.5. The highest BCUT2D eigenvalue weighted by atomic mass is 16.5. The van der Waals surface area contributed by atoms with Crippen LogP contribution in [0.1, 0.15) is 12.5 Å². The van der Waals surface area contributed by atoms with Crippen molar-refractivity contribution >= 4 is 16.9 Å². The fourth-order valence-electron chi connectivity index (χ4n) is 2.03. The van der Waals surface area contributed by atoms with Gasteiger partial charge in [0.25, 0.3) is 0 Å². The summed E-state index contributed by atoms with van der Waals surface area (Å²) < 4.78 is 5.38. The van der Waals surface area contributed by atoms with Gasteiger partial charge in [-0.1, -0.05) is 12.1 Å². The number of aromatic nitrogens is 3. The van der Waals surface area contributed by atoms with E-state index in [0.717, 1.165) is 28.2 Å². The molecule has 5 nitrogen and oxygen atoms in total. The van der Waals surface area contributed by atoms with Gasteiger partial charge in [0.15, 0.2) is 5.65 Å². The second kappa shape index (κ2) is 4.85. The van der Waals surface area contributed by atoms with Crippen molar-refractivity contribution in [3.05, 3.63) is 35.9 Å². The molecule has 0 amide bonds. The summed E-state index contributed by atoms with van der Waals surface area (Å²) in [7, 11) is 0. The number of rotatable bonds is 3. The molecule has 0 atom stereocenters. The molecule has 0 fully saturated rings. The van der Waals surface area contributed by atoms with Crippen LogP contribution in [0.2, 0.25) is 0 Å². The van der Waals surface area contributed by atoms with E-state index in [0.29, 0.717) is 18.1 Å². The van der Waals surface area contributed by atoms with Gasteiger partial charge in [0.1, 0.15) is 5.82 Å². The third-order valence-corrected chi connectivity index (χ3v) is 3.17. The van der Waals surface area contributed by atoms with Gasteiger partial charge in [-0.05, 0) is 31.5 Å². The lowest BCUT2D eigenvalue weighted by atomic mass is 10.1. The molecule has 0 saturated heterocycles. The van der Waals surface area contributed by atoms with Gasteiger partial charge in [-0.3, -0.25) is 0 Å². The number of pyridine rings is 1. The van der Waals surface area contributed by atoms with E-state index in [-0.39, 0.29) is 0 Å². The van der Waals surface area contributed by atoms with Gasteiger partial charge in [0.05, 0.1) is 12.1 Å². The van der Waals surface area contributed by atoms with E-state index in [2.05, 4.69) is 15.0 Å². The number of nitrogens with two attached hydrogens (primary N) is 1. The third kappa shape index (κ3) is 2.18. The molecule has 3 rings (SSSR count). The fraction of sp³-hybridized carbons (Fsp3) is 0.200. The average molecular weight is 268 g/mol. The summed E-state index contributed by atoms with van der Waals surface area (Å²) in [4.78, 5) is 12.1. The van der Waals surface area contributed by atoms with Crippen LogP contribution >= 0.6 is 0 Å². The molecule has 0 spiro atoms. The molecular weight excluding hydrogens is 252 g/mol. The van der Waals surface area contributed by atoms with E-state index in [4.69, 9.17) is 10.5 Å². The second-order valence-electron chi connectivity index (χ2n) is 4.61. The monoisotopic (exact) mass is 268 g/mol. The van der Waals surface area contributed by atoms with Crippen molar-refractivity contribution in [2.24, 2.45) is 0 Å². The highest BCUT2D eigenvalue weighted by Crippen LogP contribution is 2.24. The Hall–Kier alpha value is -2.56. The lowest BCUT2D eigenvalue weighted by Crippen LogP contribution is -1.93. The molecule has 0 unspecified atom stereocenters. The van der Waals surface area contributed by atoms with Gasteiger partial charge >= 0.3 is 0 Å². The van der Waals surface area contributed by atoms with Crippen molar-refractivity contribution in [1.29, 1.82) is 0 Å². The minimum absolute atomic E-state index is 0.585. The minimum atomic E-state index is 0.585. The highest BCUT2D eigenvalue weighted by Gasteiger charge is 2.08. The quantitative estimate of drug-likeness (QED) is 0.716. The Labute approximate surface area is 116 Å². The topological polar surface area (TPSA) is 76.8 Å². The first-order chi connectivity index (χ1) is 9.67. The van der Waals surface area contributed by atoms with Crippen molar-refractivity contribution in [2.45, 2.75) is 13.8 Å². The largest absolute Gasteiger partial charge is 0.478 e. The van der Waals surface area contributed by atoms with Crippen LogP contribution in [0.5, 0.6) is 5.88 Å². The number of aryl methyl sites for hydroxylation is 1. The first kappa shape index (κ1) is 12.5. The third-order valence-electron chi connectivity index (χ3n) is 3.17. The minimum Gasteiger partial charge on any atom is -0.478 e. The molecule has 5 heteroatoms. The summed E-state index contributed by atoms with van der Waals surface area (Å²) in [5.74, 6) is 1.34. The summed E-state index contributed by atoms with van der Waals surface area (Å²) in [5.41, 5.74) is 10.2. The van der Waals surface area contributed by atoms with Crippen LogP contribution < -0.4 is 10.5 Å². The lowest BCUT2D eigenvalue weighted by molar-refractivity contribution is 0.328. The molecule has 0 saturated carbocycles. The van der Waals surface area contributed by atoms with Crippen molar-refractivity contribution in [2.75, 3.05) is 12.3 Å². The molecule has 2 heterocycles. The number of fused-ring (bicyclic) bond motifs is 1. The first-order valence-corrected chi connectivity index (χ1v) is 6.53. The van der Waals surface area contributed by atoms with E-state index in [1.54, 1.807) is 0 Å². The molecule has 102 valence electrons. The van der Waals surface area contributed by atoms with E-state index < -0.39 is 0 Å². The molecule has 3 aromatic rings. The van der Waals surface area contributed by atoms with E-state index in [9.17, 15) is 0 Å². The fourth-order valence-corrected chi connectivity index (χ4v) is 2.03. The standard InChI is InChI=1S/C15H16N4O/c1-3-20-13-7-6-12-15(18-13)19-14(17-12)10-5-4-9(2)11(16)8-10/h4-8H,3,16H2,1-2H3,(H,17,18,19). The number of nitrogens with one attached hydrogen (secondary N) is 1. The highest BCUT2D eigenvalue weighted by molar-refractivity contribution is 5.77. The number of hydrogen-bond acceptors (Lipinski definition) is 4. The van der Waals surface area contributed by atoms with Crippen molar-refractivity contribution < 1.29 is 4.74 Å². The Balaban J connectivity index is 2.05. The Bertz CT molecular complexity index is 764. The van der Waals surface area contributed by atoms with Crippen LogP contribution in [0.25, 0.3) is 22.6 Å². The Morgan fingerprint density at radius 1 is 1.20 bits per heavy atom. The van der Waals surface area contributed by atoms with Crippen molar-refractivity contribution in [3.8, 4) is 17.3 Å². The van der Waals surface area contributed by atoms with Crippen LogP contribution in [-0.4, -0.2) is 21.6 Å². The Morgan fingerprint density at radius 3 is 2.80 bits per heavy atom. The van der Waals surface area contributed by atoms with Crippen molar-refractivity contribution in [3.63, 3.8) is 0 Å². The maximum absolute atomic E-state index is 5.94. The molecule has 0 bridgehead atoms.